The van der Waals surface area contributed by atoms with Crippen LogP contribution in [0.2, 0.25) is 0 Å². The quantitative estimate of drug-likeness (QED) is 0.341. The molecule has 13 heteroatoms. The predicted octanol–water partition coefficient (Wildman–Crippen LogP) is 4.78. The molecule has 2 amide bonds. The van der Waals surface area contributed by atoms with Gasteiger partial charge in [-0.15, -0.1) is 0 Å². The first kappa shape index (κ1) is 28.6. The molecule has 3 N–H and O–H groups in total. The number of benzene rings is 1. The maximum atomic E-state index is 13.4. The van der Waals surface area contributed by atoms with Gasteiger partial charge in [0.15, 0.2) is 0 Å². The molecule has 2 saturated heterocycles. The van der Waals surface area contributed by atoms with Crippen molar-refractivity contribution in [1.29, 1.82) is 0 Å². The number of anilines is 2. The number of ether oxygens (including phenoxy) is 1. The summed E-state index contributed by atoms with van der Waals surface area (Å²) in [6.07, 6.45) is 1.50. The summed E-state index contributed by atoms with van der Waals surface area (Å²) in [5.41, 5.74) is 6.99. The average molecular weight is 594 g/mol. The molecule has 0 radical (unpaired) electrons. The number of nitrogens with zero attached hydrogens (tertiary/aromatic N) is 5. The fourth-order valence-electron chi connectivity index (χ4n) is 5.70. The van der Waals surface area contributed by atoms with Crippen molar-refractivity contribution in [2.24, 2.45) is 5.41 Å². The van der Waals surface area contributed by atoms with Gasteiger partial charge in [-0.2, -0.15) is 13.2 Å². The first-order chi connectivity index (χ1) is 20.4. The average Bonchev–Trinajstić information content (AvgIpc) is 3.36. The molecule has 5 heterocycles. The van der Waals surface area contributed by atoms with Gasteiger partial charge in [-0.05, 0) is 51.0 Å². The molecule has 2 aliphatic rings. The highest BCUT2D eigenvalue weighted by Crippen LogP contribution is 2.38. The first-order valence-electron chi connectivity index (χ1n) is 13.9. The fourth-order valence-corrected chi connectivity index (χ4v) is 5.70. The third-order valence-electron chi connectivity index (χ3n) is 8.23. The summed E-state index contributed by atoms with van der Waals surface area (Å²) in [5.74, 6) is 0.272. The largest absolute Gasteiger partial charge is 0.416 e. The maximum Gasteiger partial charge on any atom is 0.416 e. The van der Waals surface area contributed by atoms with E-state index in [0.717, 1.165) is 37.0 Å². The Kier molecular flexibility index (Phi) is 7.07. The Morgan fingerprint density at radius 1 is 1.09 bits per heavy atom. The number of hydrogen-bond donors (Lipinski definition) is 2. The van der Waals surface area contributed by atoms with Crippen LogP contribution in [0.25, 0.3) is 16.8 Å². The summed E-state index contributed by atoms with van der Waals surface area (Å²) in [5, 5.41) is 2.41. The van der Waals surface area contributed by atoms with Gasteiger partial charge in [0.1, 0.15) is 28.7 Å². The van der Waals surface area contributed by atoms with Crippen molar-refractivity contribution in [2.45, 2.75) is 44.8 Å². The van der Waals surface area contributed by atoms with Crippen molar-refractivity contribution in [3.63, 3.8) is 0 Å². The van der Waals surface area contributed by atoms with Crippen LogP contribution >= 0.6 is 0 Å². The Hall–Kier alpha value is -4.52. The number of carbonyl (C=O) groups is 2. The highest BCUT2D eigenvalue weighted by Gasteiger charge is 2.46. The van der Waals surface area contributed by atoms with Crippen LogP contribution in [0, 0.1) is 5.41 Å². The Balaban J connectivity index is 1.27. The number of amides is 2. The standard InChI is InChI=1S/C30H30F3N7O3/c1-17-3-4-20(14-40(17)28(42)29(2)15-43-16-29)26-38-23(24-25(34)36-11-12-39(24)26)18-5-7-19(8-6-18)27(41)37-22-13-21(9-10-35-22)30(31,32)33/h5-13,17,20H,3-4,14-16H2,1-2H3,(H2,34,36)(H,35,37,41)/t17-,20-/m0/s1. The van der Waals surface area contributed by atoms with Crippen molar-refractivity contribution in [3.8, 4) is 11.3 Å². The number of fused-ring (bicyclic) bond motifs is 1. The molecule has 6 rings (SSSR count). The van der Waals surface area contributed by atoms with Crippen LogP contribution in [0.15, 0.2) is 55.0 Å². The van der Waals surface area contributed by atoms with Crippen LogP contribution in [-0.4, -0.2) is 61.9 Å². The lowest BCUT2D eigenvalue weighted by molar-refractivity contribution is -0.172. The molecule has 2 fully saturated rings. The number of imidazole rings is 1. The van der Waals surface area contributed by atoms with E-state index >= 15 is 0 Å². The number of rotatable bonds is 5. The zero-order valence-electron chi connectivity index (χ0n) is 23.6. The smallest absolute Gasteiger partial charge is 0.382 e. The molecular weight excluding hydrogens is 563 g/mol. The van der Waals surface area contributed by atoms with Gasteiger partial charge in [-0.1, -0.05) is 12.1 Å². The fraction of sp³-hybridized carbons (Fsp3) is 0.367. The maximum absolute atomic E-state index is 13.4. The monoisotopic (exact) mass is 593 g/mol. The van der Waals surface area contributed by atoms with Gasteiger partial charge in [-0.25, -0.2) is 15.0 Å². The zero-order chi connectivity index (χ0) is 30.5. The predicted molar refractivity (Wildman–Crippen MR) is 152 cm³/mol. The van der Waals surface area contributed by atoms with Gasteiger partial charge >= 0.3 is 6.18 Å². The number of nitrogens with one attached hydrogen (secondary N) is 1. The van der Waals surface area contributed by atoms with Crippen LogP contribution in [0.3, 0.4) is 0 Å². The van der Waals surface area contributed by atoms with E-state index in [2.05, 4.69) is 22.2 Å². The van der Waals surface area contributed by atoms with Crippen molar-refractivity contribution in [2.75, 3.05) is 30.8 Å². The molecule has 0 aliphatic carbocycles. The van der Waals surface area contributed by atoms with E-state index < -0.39 is 23.1 Å². The van der Waals surface area contributed by atoms with Crippen LogP contribution < -0.4 is 11.1 Å². The van der Waals surface area contributed by atoms with Crippen LogP contribution in [0.5, 0.6) is 0 Å². The topological polar surface area (TPSA) is 128 Å². The number of nitrogen functional groups attached to an aromatic ring is 1. The Morgan fingerprint density at radius 2 is 1.84 bits per heavy atom. The van der Waals surface area contributed by atoms with E-state index in [1.165, 1.54) is 0 Å². The highest BCUT2D eigenvalue weighted by atomic mass is 19.4. The minimum atomic E-state index is -4.56. The number of aromatic nitrogens is 4. The molecular formula is C30H30F3N7O3. The summed E-state index contributed by atoms with van der Waals surface area (Å²) < 4.78 is 46.4. The number of nitrogens with two attached hydrogens (primary N) is 1. The lowest BCUT2D eigenvalue weighted by Crippen LogP contribution is -2.57. The minimum Gasteiger partial charge on any atom is -0.382 e. The third-order valence-corrected chi connectivity index (χ3v) is 8.23. The van der Waals surface area contributed by atoms with Gasteiger partial charge in [0.25, 0.3) is 5.91 Å². The molecule has 3 aromatic heterocycles. The van der Waals surface area contributed by atoms with E-state index in [1.807, 2.05) is 16.2 Å². The van der Waals surface area contributed by atoms with E-state index in [0.29, 0.717) is 36.5 Å². The van der Waals surface area contributed by atoms with Crippen molar-refractivity contribution in [1.82, 2.24) is 24.3 Å². The number of likely N-dealkylation sites (tertiary alicyclic amines) is 1. The Morgan fingerprint density at radius 3 is 2.51 bits per heavy atom. The Labute approximate surface area is 245 Å². The van der Waals surface area contributed by atoms with Crippen molar-refractivity contribution in [3.05, 3.63) is 71.9 Å². The second-order valence-corrected chi connectivity index (χ2v) is 11.4. The summed E-state index contributed by atoms with van der Waals surface area (Å²) in [6, 6.07) is 8.22. The second-order valence-electron chi connectivity index (χ2n) is 11.4. The number of carbonyl (C=O) groups excluding carboxylic acids is 2. The first-order valence-corrected chi connectivity index (χ1v) is 13.9. The zero-order valence-corrected chi connectivity index (χ0v) is 23.6. The summed E-state index contributed by atoms with van der Waals surface area (Å²) in [7, 11) is 0. The van der Waals surface area contributed by atoms with E-state index in [4.69, 9.17) is 15.5 Å². The lowest BCUT2D eigenvalue weighted by Gasteiger charge is -2.45. The number of pyridine rings is 1. The van der Waals surface area contributed by atoms with E-state index in [9.17, 15) is 22.8 Å². The molecule has 0 spiro atoms. The van der Waals surface area contributed by atoms with Gasteiger partial charge in [0.2, 0.25) is 5.91 Å². The van der Waals surface area contributed by atoms with E-state index in [-0.39, 0.29) is 35.1 Å². The molecule has 10 nitrogen and oxygen atoms in total. The minimum absolute atomic E-state index is 0.0437. The molecule has 0 bridgehead atoms. The van der Waals surface area contributed by atoms with E-state index in [1.54, 1.807) is 36.7 Å². The summed E-state index contributed by atoms with van der Waals surface area (Å²) in [4.78, 5) is 41.2. The molecule has 43 heavy (non-hydrogen) atoms. The lowest BCUT2D eigenvalue weighted by atomic mass is 9.84. The number of hydrogen-bond acceptors (Lipinski definition) is 7. The van der Waals surface area contributed by atoms with Gasteiger partial charge < -0.3 is 20.7 Å². The number of piperidine rings is 1. The molecule has 4 aromatic rings. The third kappa shape index (κ3) is 5.29. The summed E-state index contributed by atoms with van der Waals surface area (Å²) >= 11 is 0. The molecule has 2 atom stereocenters. The summed E-state index contributed by atoms with van der Waals surface area (Å²) in [6.45, 7) is 5.35. The number of halogens is 3. The highest BCUT2D eigenvalue weighted by molar-refractivity contribution is 6.04. The van der Waals surface area contributed by atoms with Crippen LogP contribution in [0.1, 0.15) is 54.4 Å². The van der Waals surface area contributed by atoms with Crippen LogP contribution in [0.4, 0.5) is 24.8 Å². The van der Waals surface area contributed by atoms with Crippen molar-refractivity contribution < 1.29 is 27.5 Å². The number of alkyl halides is 3. The second kappa shape index (κ2) is 10.6. The molecule has 0 saturated carbocycles. The molecule has 2 aliphatic heterocycles. The van der Waals surface area contributed by atoms with Gasteiger partial charge in [0.05, 0.1) is 24.2 Å². The normalized spacial score (nSPS) is 20.1. The molecule has 224 valence electrons. The van der Waals surface area contributed by atoms with Gasteiger partial charge in [0, 0.05) is 48.2 Å². The van der Waals surface area contributed by atoms with Crippen LogP contribution in [-0.2, 0) is 15.7 Å². The molecule has 0 unspecified atom stereocenters. The van der Waals surface area contributed by atoms with Crippen molar-refractivity contribution >= 4 is 29.0 Å². The molecule has 1 aromatic carbocycles. The SMILES string of the molecule is C[C@H]1CC[C@H](c2nc(-c3ccc(C(=O)Nc4cc(C(F)(F)F)ccn4)cc3)c3c(N)nccn23)CN1C(=O)C1(C)COC1. The van der Waals surface area contributed by atoms with Gasteiger partial charge in [-0.3, -0.25) is 14.0 Å². The Bertz CT molecular complexity index is 1700.